The SMILES string of the molecule is CCC(C)OCc1cccnc1NN. The molecule has 3 N–H and O–H groups in total. The maximum atomic E-state index is 5.58. The average Bonchev–Trinajstić information content (AvgIpc) is 2.26. The second kappa shape index (κ2) is 5.57. The minimum absolute atomic E-state index is 0.265. The molecule has 0 aliphatic rings. The molecule has 0 fully saturated rings. The number of nitrogens with zero attached hydrogens (tertiary/aromatic N) is 1. The summed E-state index contributed by atoms with van der Waals surface area (Å²) >= 11 is 0. The Morgan fingerprint density at radius 3 is 3.07 bits per heavy atom. The quantitative estimate of drug-likeness (QED) is 0.554. The number of hydrogen-bond donors (Lipinski definition) is 2. The van der Waals surface area contributed by atoms with Crippen molar-refractivity contribution in [3.63, 3.8) is 0 Å². The van der Waals surface area contributed by atoms with Crippen LogP contribution < -0.4 is 11.3 Å². The van der Waals surface area contributed by atoms with Gasteiger partial charge in [0.1, 0.15) is 5.82 Å². The molecule has 0 saturated heterocycles. The summed E-state index contributed by atoms with van der Waals surface area (Å²) in [4.78, 5) is 4.08. The summed E-state index contributed by atoms with van der Waals surface area (Å²) in [5, 5.41) is 0. The van der Waals surface area contributed by atoms with E-state index in [1.54, 1.807) is 6.20 Å². The van der Waals surface area contributed by atoms with Gasteiger partial charge in [-0.15, -0.1) is 0 Å². The standard InChI is InChI=1S/C10H17N3O/c1-3-8(2)14-7-9-5-4-6-12-10(9)13-11/h4-6,8H,3,7,11H2,1-2H3,(H,12,13). The number of aromatic nitrogens is 1. The second-order valence-corrected chi connectivity index (χ2v) is 3.19. The van der Waals surface area contributed by atoms with Crippen molar-refractivity contribution >= 4 is 5.82 Å². The Morgan fingerprint density at radius 1 is 1.64 bits per heavy atom. The van der Waals surface area contributed by atoms with Gasteiger partial charge in [0.05, 0.1) is 12.7 Å². The van der Waals surface area contributed by atoms with Crippen LogP contribution in [0.4, 0.5) is 5.82 Å². The number of hydrazine groups is 1. The zero-order valence-corrected chi connectivity index (χ0v) is 8.66. The molecule has 1 aromatic heterocycles. The average molecular weight is 195 g/mol. The Morgan fingerprint density at radius 2 is 2.43 bits per heavy atom. The lowest BCUT2D eigenvalue weighted by Gasteiger charge is -2.12. The van der Waals surface area contributed by atoms with Crippen LogP contribution in [0.2, 0.25) is 0 Å². The Kier molecular flexibility index (Phi) is 4.35. The van der Waals surface area contributed by atoms with Crippen molar-refractivity contribution in [3.8, 4) is 0 Å². The first-order chi connectivity index (χ1) is 6.77. The molecule has 4 heteroatoms. The molecule has 0 amide bonds. The van der Waals surface area contributed by atoms with Gasteiger partial charge in [0.25, 0.3) is 0 Å². The molecule has 0 spiro atoms. The van der Waals surface area contributed by atoms with Gasteiger partial charge in [0.15, 0.2) is 0 Å². The number of nitrogens with two attached hydrogens (primary N) is 1. The molecule has 0 aliphatic heterocycles. The lowest BCUT2D eigenvalue weighted by atomic mass is 10.2. The fourth-order valence-electron chi connectivity index (χ4n) is 1.03. The number of nitrogens with one attached hydrogen (secondary N) is 1. The molecule has 0 saturated carbocycles. The van der Waals surface area contributed by atoms with Crippen LogP contribution in [0.5, 0.6) is 0 Å². The van der Waals surface area contributed by atoms with Crippen LogP contribution in [0.3, 0.4) is 0 Å². The molecule has 0 aromatic carbocycles. The van der Waals surface area contributed by atoms with E-state index in [0.717, 1.165) is 12.0 Å². The first-order valence-corrected chi connectivity index (χ1v) is 4.80. The second-order valence-electron chi connectivity index (χ2n) is 3.19. The van der Waals surface area contributed by atoms with Gasteiger partial charge in [-0.3, -0.25) is 0 Å². The van der Waals surface area contributed by atoms with E-state index in [4.69, 9.17) is 10.6 Å². The van der Waals surface area contributed by atoms with Crippen LogP contribution in [0.15, 0.2) is 18.3 Å². The molecule has 14 heavy (non-hydrogen) atoms. The van der Waals surface area contributed by atoms with Crippen molar-refractivity contribution in [1.82, 2.24) is 4.98 Å². The van der Waals surface area contributed by atoms with Crippen LogP contribution in [0.1, 0.15) is 25.8 Å². The molecule has 0 bridgehead atoms. The number of pyridine rings is 1. The summed E-state index contributed by atoms with van der Waals surface area (Å²) in [6.45, 7) is 4.68. The maximum Gasteiger partial charge on any atom is 0.145 e. The van der Waals surface area contributed by atoms with Gasteiger partial charge in [-0.2, -0.15) is 0 Å². The Balaban J connectivity index is 2.57. The van der Waals surface area contributed by atoms with Crippen molar-refractivity contribution in [2.75, 3.05) is 5.43 Å². The molecule has 1 heterocycles. The normalized spacial score (nSPS) is 12.5. The number of hydrogen-bond acceptors (Lipinski definition) is 4. The first-order valence-electron chi connectivity index (χ1n) is 4.80. The Labute approximate surface area is 84.4 Å². The van der Waals surface area contributed by atoms with Crippen LogP contribution in [-0.4, -0.2) is 11.1 Å². The fourth-order valence-corrected chi connectivity index (χ4v) is 1.03. The molecule has 1 rings (SSSR count). The summed E-state index contributed by atoms with van der Waals surface area (Å²) in [6.07, 6.45) is 2.97. The molecular formula is C10H17N3O. The summed E-state index contributed by atoms with van der Waals surface area (Å²) in [5.41, 5.74) is 3.53. The van der Waals surface area contributed by atoms with Gasteiger partial charge >= 0.3 is 0 Å². The highest BCUT2D eigenvalue weighted by Crippen LogP contribution is 2.12. The van der Waals surface area contributed by atoms with E-state index >= 15 is 0 Å². The summed E-state index contributed by atoms with van der Waals surface area (Å²) < 4.78 is 5.58. The van der Waals surface area contributed by atoms with Gasteiger partial charge in [-0.25, -0.2) is 10.8 Å². The summed E-state index contributed by atoms with van der Waals surface area (Å²) in [5.74, 6) is 6.00. The van der Waals surface area contributed by atoms with E-state index in [0.29, 0.717) is 12.4 Å². The predicted octanol–water partition coefficient (Wildman–Crippen LogP) is 1.68. The third-order valence-electron chi connectivity index (χ3n) is 2.13. The van der Waals surface area contributed by atoms with Crippen molar-refractivity contribution in [1.29, 1.82) is 0 Å². The van der Waals surface area contributed by atoms with E-state index in [2.05, 4.69) is 17.3 Å². The number of rotatable bonds is 5. The number of ether oxygens (including phenoxy) is 1. The van der Waals surface area contributed by atoms with E-state index in [-0.39, 0.29) is 6.10 Å². The lowest BCUT2D eigenvalue weighted by molar-refractivity contribution is 0.0510. The monoisotopic (exact) mass is 195 g/mol. The molecular weight excluding hydrogens is 178 g/mol. The minimum atomic E-state index is 0.265. The summed E-state index contributed by atoms with van der Waals surface area (Å²) in [6, 6.07) is 3.82. The maximum absolute atomic E-state index is 5.58. The van der Waals surface area contributed by atoms with E-state index in [1.165, 1.54) is 0 Å². The Bertz CT molecular complexity index is 278. The van der Waals surface area contributed by atoms with Crippen molar-refractivity contribution < 1.29 is 4.74 Å². The highest BCUT2D eigenvalue weighted by molar-refractivity contribution is 5.41. The molecule has 1 unspecified atom stereocenters. The lowest BCUT2D eigenvalue weighted by Crippen LogP contribution is -2.13. The third-order valence-corrected chi connectivity index (χ3v) is 2.13. The third kappa shape index (κ3) is 2.97. The molecule has 78 valence electrons. The molecule has 4 nitrogen and oxygen atoms in total. The molecule has 1 atom stereocenters. The van der Waals surface area contributed by atoms with Gasteiger partial charge in [-0.1, -0.05) is 13.0 Å². The van der Waals surface area contributed by atoms with Crippen molar-refractivity contribution in [3.05, 3.63) is 23.9 Å². The minimum Gasteiger partial charge on any atom is -0.374 e. The van der Waals surface area contributed by atoms with Crippen molar-refractivity contribution in [2.45, 2.75) is 33.0 Å². The molecule has 0 aliphatic carbocycles. The zero-order valence-electron chi connectivity index (χ0n) is 8.66. The molecule has 1 aromatic rings. The number of anilines is 1. The Hall–Kier alpha value is -1.13. The van der Waals surface area contributed by atoms with Gasteiger partial charge in [-0.05, 0) is 19.4 Å². The first kappa shape index (κ1) is 10.9. The van der Waals surface area contributed by atoms with Crippen LogP contribution in [-0.2, 0) is 11.3 Å². The molecule has 0 radical (unpaired) electrons. The van der Waals surface area contributed by atoms with E-state index in [9.17, 15) is 0 Å². The van der Waals surface area contributed by atoms with Gasteiger partial charge in [0, 0.05) is 11.8 Å². The van der Waals surface area contributed by atoms with Gasteiger partial charge in [0.2, 0.25) is 0 Å². The summed E-state index contributed by atoms with van der Waals surface area (Å²) in [7, 11) is 0. The van der Waals surface area contributed by atoms with Crippen molar-refractivity contribution in [2.24, 2.45) is 5.84 Å². The van der Waals surface area contributed by atoms with Gasteiger partial charge < -0.3 is 10.2 Å². The van der Waals surface area contributed by atoms with Crippen LogP contribution in [0.25, 0.3) is 0 Å². The van der Waals surface area contributed by atoms with Crippen LogP contribution >= 0.6 is 0 Å². The van der Waals surface area contributed by atoms with E-state index in [1.807, 2.05) is 19.1 Å². The number of nitrogen functional groups attached to an aromatic ring is 1. The van der Waals surface area contributed by atoms with Crippen LogP contribution in [0, 0.1) is 0 Å². The smallest absolute Gasteiger partial charge is 0.145 e. The van der Waals surface area contributed by atoms with E-state index < -0.39 is 0 Å². The predicted molar refractivity (Wildman–Crippen MR) is 56.6 cm³/mol. The zero-order chi connectivity index (χ0) is 10.4. The highest BCUT2D eigenvalue weighted by atomic mass is 16.5. The fraction of sp³-hybridized carbons (Fsp3) is 0.500. The topological polar surface area (TPSA) is 60.2 Å². The largest absolute Gasteiger partial charge is 0.374 e. The highest BCUT2D eigenvalue weighted by Gasteiger charge is 2.03.